The van der Waals surface area contributed by atoms with E-state index < -0.39 is 0 Å². The van der Waals surface area contributed by atoms with Crippen molar-refractivity contribution in [2.75, 3.05) is 18.9 Å². The van der Waals surface area contributed by atoms with Gasteiger partial charge in [0.05, 0.1) is 17.3 Å². The predicted octanol–water partition coefficient (Wildman–Crippen LogP) is 2.06. The first-order chi connectivity index (χ1) is 9.20. The number of rotatable bonds is 2. The average Bonchev–Trinajstić information content (AvgIpc) is 3.05. The van der Waals surface area contributed by atoms with Crippen LogP contribution in [0.3, 0.4) is 0 Å². The van der Waals surface area contributed by atoms with Crippen LogP contribution in [0.25, 0.3) is 5.52 Å². The Morgan fingerprint density at radius 1 is 1.53 bits per heavy atom. The minimum atomic E-state index is 0.108. The van der Waals surface area contributed by atoms with Crippen LogP contribution in [0.15, 0.2) is 24.5 Å². The maximum atomic E-state index is 11.7. The van der Waals surface area contributed by atoms with Crippen LogP contribution in [-0.2, 0) is 4.79 Å². The highest BCUT2D eigenvalue weighted by Crippen LogP contribution is 2.32. The quantitative estimate of drug-likeness (QED) is 0.897. The first-order valence-corrected chi connectivity index (χ1v) is 6.63. The van der Waals surface area contributed by atoms with Gasteiger partial charge < -0.3 is 14.6 Å². The zero-order valence-corrected chi connectivity index (χ0v) is 11.3. The van der Waals surface area contributed by atoms with Crippen molar-refractivity contribution >= 4 is 17.2 Å². The summed E-state index contributed by atoms with van der Waals surface area (Å²) in [5, 5.41) is 3.13. The summed E-state index contributed by atoms with van der Waals surface area (Å²) in [7, 11) is 1.87. The first kappa shape index (κ1) is 12.0. The number of carbonyl (C=O) groups is 1. The monoisotopic (exact) mass is 258 g/mol. The van der Waals surface area contributed by atoms with E-state index in [-0.39, 0.29) is 11.9 Å². The molecule has 0 spiro atoms. The minimum Gasteiger partial charge on any atom is -0.371 e. The van der Waals surface area contributed by atoms with Gasteiger partial charge in [0.1, 0.15) is 5.82 Å². The smallest absolute Gasteiger partial charge is 0.220 e. The molecule has 0 aromatic carbocycles. The summed E-state index contributed by atoms with van der Waals surface area (Å²) in [6.07, 6.45) is 6.07. The maximum Gasteiger partial charge on any atom is 0.220 e. The van der Waals surface area contributed by atoms with Crippen LogP contribution in [0.5, 0.6) is 0 Å². The molecule has 1 atom stereocenters. The SMILES string of the molecule is CNc1nc([C@@H]2CCCN2C(C)=O)cn2cccc12. The van der Waals surface area contributed by atoms with Gasteiger partial charge >= 0.3 is 0 Å². The van der Waals surface area contributed by atoms with E-state index in [9.17, 15) is 4.79 Å². The fraction of sp³-hybridized carbons (Fsp3) is 0.429. The van der Waals surface area contributed by atoms with Crippen molar-refractivity contribution < 1.29 is 4.79 Å². The van der Waals surface area contributed by atoms with Crippen LogP contribution in [0.4, 0.5) is 5.82 Å². The number of hydrogen-bond acceptors (Lipinski definition) is 3. The summed E-state index contributed by atoms with van der Waals surface area (Å²) in [6, 6.07) is 4.13. The molecule has 2 aromatic heterocycles. The number of nitrogens with one attached hydrogen (secondary N) is 1. The number of anilines is 1. The molecule has 1 amide bonds. The second-order valence-electron chi connectivity index (χ2n) is 4.94. The van der Waals surface area contributed by atoms with Crippen molar-refractivity contribution in [1.29, 1.82) is 0 Å². The fourth-order valence-electron chi connectivity index (χ4n) is 2.86. The highest BCUT2D eigenvalue weighted by Gasteiger charge is 2.29. The zero-order chi connectivity index (χ0) is 13.4. The second-order valence-corrected chi connectivity index (χ2v) is 4.94. The van der Waals surface area contributed by atoms with Crippen molar-refractivity contribution in [3.63, 3.8) is 0 Å². The highest BCUT2D eigenvalue weighted by molar-refractivity contribution is 5.74. The molecule has 1 N–H and O–H groups in total. The number of nitrogens with zero attached hydrogens (tertiary/aromatic N) is 3. The molecule has 3 rings (SSSR count). The number of carbonyl (C=O) groups excluding carboxylic acids is 1. The van der Waals surface area contributed by atoms with Gasteiger partial charge in [0.15, 0.2) is 0 Å². The Morgan fingerprint density at radius 3 is 3.11 bits per heavy atom. The molecule has 0 aliphatic carbocycles. The lowest BCUT2D eigenvalue weighted by Crippen LogP contribution is -2.28. The summed E-state index contributed by atoms with van der Waals surface area (Å²) in [4.78, 5) is 18.3. The van der Waals surface area contributed by atoms with E-state index in [0.29, 0.717) is 0 Å². The van der Waals surface area contributed by atoms with Gasteiger partial charge in [-0.1, -0.05) is 0 Å². The van der Waals surface area contributed by atoms with E-state index in [1.165, 1.54) is 0 Å². The predicted molar refractivity (Wildman–Crippen MR) is 74.1 cm³/mol. The number of hydrogen-bond donors (Lipinski definition) is 1. The summed E-state index contributed by atoms with van der Waals surface area (Å²) in [6.45, 7) is 2.46. The summed E-state index contributed by atoms with van der Waals surface area (Å²) in [5.74, 6) is 0.987. The van der Waals surface area contributed by atoms with Crippen molar-refractivity contribution in [2.45, 2.75) is 25.8 Å². The van der Waals surface area contributed by atoms with E-state index in [2.05, 4.69) is 14.7 Å². The van der Waals surface area contributed by atoms with E-state index in [0.717, 1.165) is 36.4 Å². The molecule has 2 aromatic rings. The number of aromatic nitrogens is 2. The van der Waals surface area contributed by atoms with Gasteiger partial charge in [0.2, 0.25) is 5.91 Å². The van der Waals surface area contributed by atoms with Crippen LogP contribution >= 0.6 is 0 Å². The molecule has 1 aliphatic rings. The largest absolute Gasteiger partial charge is 0.371 e. The lowest BCUT2D eigenvalue weighted by molar-refractivity contribution is -0.129. The van der Waals surface area contributed by atoms with Crippen LogP contribution in [0.2, 0.25) is 0 Å². The van der Waals surface area contributed by atoms with Gasteiger partial charge in [-0.25, -0.2) is 4.98 Å². The van der Waals surface area contributed by atoms with E-state index in [1.54, 1.807) is 6.92 Å². The summed E-state index contributed by atoms with van der Waals surface area (Å²) in [5.41, 5.74) is 2.01. The molecular weight excluding hydrogens is 240 g/mol. The Kier molecular flexibility index (Phi) is 2.89. The number of fused-ring (bicyclic) bond motifs is 1. The van der Waals surface area contributed by atoms with Crippen molar-refractivity contribution in [3.05, 3.63) is 30.2 Å². The Balaban J connectivity index is 2.07. The van der Waals surface area contributed by atoms with Gasteiger partial charge in [0.25, 0.3) is 0 Å². The van der Waals surface area contributed by atoms with Crippen molar-refractivity contribution in [2.24, 2.45) is 0 Å². The second kappa shape index (κ2) is 4.57. The summed E-state index contributed by atoms with van der Waals surface area (Å²) < 4.78 is 2.06. The molecule has 1 aliphatic heterocycles. The average molecular weight is 258 g/mol. The Bertz CT molecular complexity index is 619. The summed E-state index contributed by atoms with van der Waals surface area (Å²) >= 11 is 0. The third-order valence-corrected chi connectivity index (χ3v) is 3.77. The van der Waals surface area contributed by atoms with Gasteiger partial charge in [-0.15, -0.1) is 0 Å². The highest BCUT2D eigenvalue weighted by atomic mass is 16.2. The molecule has 0 saturated carbocycles. The molecule has 5 nitrogen and oxygen atoms in total. The van der Waals surface area contributed by atoms with Crippen LogP contribution in [0.1, 0.15) is 31.5 Å². The molecule has 5 heteroatoms. The van der Waals surface area contributed by atoms with Gasteiger partial charge in [0, 0.05) is 32.9 Å². The molecule has 0 radical (unpaired) electrons. The molecule has 1 fully saturated rings. The molecule has 3 heterocycles. The van der Waals surface area contributed by atoms with E-state index in [1.807, 2.05) is 36.5 Å². The molecule has 0 bridgehead atoms. The zero-order valence-electron chi connectivity index (χ0n) is 11.3. The third kappa shape index (κ3) is 1.95. The van der Waals surface area contributed by atoms with Crippen LogP contribution < -0.4 is 5.32 Å². The number of amides is 1. The normalized spacial score (nSPS) is 19.1. The third-order valence-electron chi connectivity index (χ3n) is 3.77. The fourth-order valence-corrected chi connectivity index (χ4v) is 2.86. The molecule has 100 valence electrons. The molecule has 19 heavy (non-hydrogen) atoms. The van der Waals surface area contributed by atoms with Gasteiger partial charge in [-0.2, -0.15) is 0 Å². The number of likely N-dealkylation sites (tertiary alicyclic amines) is 1. The minimum absolute atomic E-state index is 0.108. The maximum absolute atomic E-state index is 11.7. The van der Waals surface area contributed by atoms with E-state index >= 15 is 0 Å². The van der Waals surface area contributed by atoms with Gasteiger partial charge in [-0.05, 0) is 25.0 Å². The van der Waals surface area contributed by atoms with Crippen LogP contribution in [0, 0.1) is 0 Å². The molecular formula is C14H18N4O. The Labute approximate surface area is 112 Å². The van der Waals surface area contributed by atoms with Gasteiger partial charge in [-0.3, -0.25) is 4.79 Å². The first-order valence-electron chi connectivity index (χ1n) is 6.63. The Hall–Kier alpha value is -2.04. The van der Waals surface area contributed by atoms with E-state index in [4.69, 9.17) is 0 Å². The molecule has 0 unspecified atom stereocenters. The lowest BCUT2D eigenvalue weighted by Gasteiger charge is -2.23. The lowest BCUT2D eigenvalue weighted by atomic mass is 10.1. The van der Waals surface area contributed by atoms with Crippen molar-refractivity contribution in [1.82, 2.24) is 14.3 Å². The van der Waals surface area contributed by atoms with Crippen molar-refractivity contribution in [3.8, 4) is 0 Å². The van der Waals surface area contributed by atoms with Crippen LogP contribution in [-0.4, -0.2) is 33.8 Å². The standard InChI is InChI=1S/C14H18N4O/c1-10(19)18-8-4-5-12(18)11-9-17-7-3-6-13(17)14(15-2)16-11/h3,6-7,9,12H,4-5,8H2,1-2H3,(H,15,16)/t12-/m0/s1. The molecule has 1 saturated heterocycles. The topological polar surface area (TPSA) is 49.6 Å². The Morgan fingerprint density at radius 2 is 2.37 bits per heavy atom.